The lowest BCUT2D eigenvalue weighted by molar-refractivity contribution is 0.0963. The van der Waals surface area contributed by atoms with Crippen molar-refractivity contribution in [1.82, 2.24) is 18.8 Å². The molecule has 0 spiro atoms. The van der Waals surface area contributed by atoms with E-state index in [4.69, 9.17) is 0 Å². The van der Waals surface area contributed by atoms with Gasteiger partial charge in [0.15, 0.2) is 10.9 Å². The van der Waals surface area contributed by atoms with Gasteiger partial charge >= 0.3 is 0 Å². The number of carbonyl (C=O) groups is 1. The molecule has 3 heterocycles. The topological polar surface area (TPSA) is 85.2 Å². The second kappa shape index (κ2) is 7.23. The fourth-order valence-corrected chi connectivity index (χ4v) is 5.66. The first-order chi connectivity index (χ1) is 13.4. The minimum absolute atomic E-state index is 0.114. The van der Waals surface area contributed by atoms with Gasteiger partial charge in [-0.15, -0.1) is 11.3 Å². The summed E-state index contributed by atoms with van der Waals surface area (Å²) in [7, 11) is -3.77. The van der Waals surface area contributed by atoms with E-state index in [1.165, 1.54) is 34.1 Å². The largest absolute Gasteiger partial charge is 0.294 e. The molecule has 9 heteroatoms. The number of thiazole rings is 1. The highest BCUT2D eigenvalue weighted by atomic mass is 32.2. The third-order valence-corrected chi connectivity index (χ3v) is 7.48. The van der Waals surface area contributed by atoms with Crippen LogP contribution in [0.15, 0.2) is 47.1 Å². The summed E-state index contributed by atoms with van der Waals surface area (Å²) in [6.07, 6.45) is 6.11. The Morgan fingerprint density at radius 2 is 2.11 bits per heavy atom. The van der Waals surface area contributed by atoms with E-state index in [1.807, 2.05) is 23.8 Å². The van der Waals surface area contributed by atoms with Gasteiger partial charge in [-0.3, -0.25) is 14.3 Å². The summed E-state index contributed by atoms with van der Waals surface area (Å²) in [6.45, 7) is 3.60. The van der Waals surface area contributed by atoms with E-state index < -0.39 is 10.0 Å². The number of nitrogens with zero attached hydrogens (tertiary/aromatic N) is 4. The van der Waals surface area contributed by atoms with Gasteiger partial charge in [-0.2, -0.15) is 4.31 Å². The summed E-state index contributed by atoms with van der Waals surface area (Å²) < 4.78 is 29.3. The zero-order chi connectivity index (χ0) is 19.9. The maximum Gasteiger partial charge on any atom is 0.245 e. The van der Waals surface area contributed by atoms with Crippen molar-refractivity contribution in [3.63, 3.8) is 0 Å². The van der Waals surface area contributed by atoms with Crippen molar-refractivity contribution in [3.8, 4) is 5.13 Å². The van der Waals surface area contributed by atoms with Crippen molar-refractivity contribution in [1.29, 1.82) is 0 Å². The van der Waals surface area contributed by atoms with Crippen LogP contribution in [0.2, 0.25) is 0 Å². The van der Waals surface area contributed by atoms with Gasteiger partial charge in [-0.25, -0.2) is 13.4 Å². The summed E-state index contributed by atoms with van der Waals surface area (Å²) in [5.41, 5.74) is 2.19. The Morgan fingerprint density at radius 1 is 1.32 bits per heavy atom. The van der Waals surface area contributed by atoms with Crippen molar-refractivity contribution in [2.75, 3.05) is 6.54 Å². The molecule has 0 aromatic carbocycles. The molecule has 1 saturated carbocycles. The normalized spacial score (nSPS) is 14.5. The SMILES string of the molecule is Cc1cc(C(=O)CN(C2CC2)S(=O)(=O)c2cccnc2)c(C)n1-c1nccs1. The Bertz CT molecular complexity index is 1100. The molecule has 3 aromatic heterocycles. The van der Waals surface area contributed by atoms with Crippen LogP contribution in [0, 0.1) is 13.8 Å². The number of pyridine rings is 1. The van der Waals surface area contributed by atoms with Crippen LogP contribution in [0.25, 0.3) is 5.13 Å². The van der Waals surface area contributed by atoms with E-state index in [0.29, 0.717) is 5.56 Å². The van der Waals surface area contributed by atoms with Gasteiger partial charge in [0.25, 0.3) is 0 Å². The quantitative estimate of drug-likeness (QED) is 0.553. The Hall–Kier alpha value is -2.36. The Morgan fingerprint density at radius 3 is 2.71 bits per heavy atom. The van der Waals surface area contributed by atoms with E-state index in [2.05, 4.69) is 9.97 Å². The Balaban J connectivity index is 1.65. The van der Waals surface area contributed by atoms with E-state index >= 15 is 0 Å². The molecule has 0 unspecified atom stereocenters. The average Bonchev–Trinajstić information content (AvgIpc) is 3.29. The number of ketones is 1. The molecule has 3 aromatic rings. The maximum absolute atomic E-state index is 13.1. The molecule has 0 bridgehead atoms. The van der Waals surface area contributed by atoms with E-state index in [0.717, 1.165) is 29.4 Å². The van der Waals surface area contributed by atoms with Crippen molar-refractivity contribution >= 4 is 27.1 Å². The van der Waals surface area contributed by atoms with Crippen LogP contribution in [0.4, 0.5) is 0 Å². The smallest absolute Gasteiger partial charge is 0.245 e. The van der Waals surface area contributed by atoms with E-state index in [-0.39, 0.29) is 23.3 Å². The average molecular weight is 417 g/mol. The lowest BCUT2D eigenvalue weighted by Gasteiger charge is -2.21. The maximum atomic E-state index is 13.1. The van der Waals surface area contributed by atoms with Crippen molar-refractivity contribution in [2.24, 2.45) is 0 Å². The number of hydrogen-bond acceptors (Lipinski definition) is 6. The van der Waals surface area contributed by atoms with Gasteiger partial charge in [0, 0.05) is 47.0 Å². The predicted octanol–water partition coefficient (Wildman–Crippen LogP) is 2.98. The highest BCUT2D eigenvalue weighted by Crippen LogP contribution is 2.32. The number of hydrogen-bond donors (Lipinski definition) is 0. The highest BCUT2D eigenvalue weighted by Gasteiger charge is 2.39. The lowest BCUT2D eigenvalue weighted by atomic mass is 10.1. The molecule has 1 aliphatic carbocycles. The zero-order valence-corrected chi connectivity index (χ0v) is 17.2. The summed E-state index contributed by atoms with van der Waals surface area (Å²) in [5.74, 6) is -0.213. The molecule has 1 fully saturated rings. The zero-order valence-electron chi connectivity index (χ0n) is 15.6. The van der Waals surface area contributed by atoms with Crippen LogP contribution in [0.1, 0.15) is 34.6 Å². The molecular weight excluding hydrogens is 396 g/mol. The first-order valence-electron chi connectivity index (χ1n) is 8.93. The molecule has 0 aliphatic heterocycles. The predicted molar refractivity (Wildman–Crippen MR) is 106 cm³/mol. The number of sulfonamides is 1. The molecule has 0 N–H and O–H groups in total. The summed E-state index contributed by atoms with van der Waals surface area (Å²) >= 11 is 1.49. The molecule has 146 valence electrons. The van der Waals surface area contributed by atoms with E-state index in [1.54, 1.807) is 18.3 Å². The van der Waals surface area contributed by atoms with Gasteiger partial charge in [0.2, 0.25) is 10.0 Å². The van der Waals surface area contributed by atoms with Crippen LogP contribution < -0.4 is 0 Å². The van der Waals surface area contributed by atoms with E-state index in [9.17, 15) is 13.2 Å². The highest BCUT2D eigenvalue weighted by molar-refractivity contribution is 7.89. The molecule has 28 heavy (non-hydrogen) atoms. The summed E-state index contributed by atoms with van der Waals surface area (Å²) in [6, 6.07) is 4.77. The molecule has 0 saturated heterocycles. The lowest BCUT2D eigenvalue weighted by Crippen LogP contribution is -2.37. The summed E-state index contributed by atoms with van der Waals surface area (Å²) in [5, 5.41) is 2.67. The third-order valence-electron chi connectivity index (χ3n) is 4.84. The first-order valence-corrected chi connectivity index (χ1v) is 11.3. The van der Waals surface area contributed by atoms with Crippen LogP contribution in [0.5, 0.6) is 0 Å². The van der Waals surface area contributed by atoms with Crippen LogP contribution in [0.3, 0.4) is 0 Å². The van der Waals surface area contributed by atoms with Gasteiger partial charge < -0.3 is 0 Å². The van der Waals surface area contributed by atoms with Gasteiger partial charge in [0.1, 0.15) is 4.90 Å². The Kier molecular flexibility index (Phi) is 4.90. The molecular formula is C19H20N4O3S2. The number of rotatable bonds is 7. The molecule has 7 nitrogen and oxygen atoms in total. The number of aromatic nitrogens is 3. The number of aryl methyl sites for hydroxylation is 1. The standard InChI is InChI=1S/C19H20N4O3S2/c1-13-10-17(14(2)23(13)19-21-8-9-27-19)18(24)12-22(15-5-6-15)28(25,26)16-4-3-7-20-11-16/h3-4,7-11,15H,5-6,12H2,1-2H3. The minimum atomic E-state index is -3.77. The second-order valence-corrected chi connectivity index (χ2v) is 9.59. The van der Waals surface area contributed by atoms with Crippen molar-refractivity contribution < 1.29 is 13.2 Å². The monoisotopic (exact) mass is 416 g/mol. The second-order valence-electron chi connectivity index (χ2n) is 6.83. The van der Waals surface area contributed by atoms with Crippen molar-refractivity contribution in [3.05, 3.63) is 59.1 Å². The first kappa shape index (κ1) is 19.0. The fourth-order valence-electron chi connectivity index (χ4n) is 3.30. The minimum Gasteiger partial charge on any atom is -0.294 e. The van der Waals surface area contributed by atoms with Gasteiger partial charge in [0.05, 0.1) is 6.54 Å². The van der Waals surface area contributed by atoms with Crippen LogP contribution >= 0.6 is 11.3 Å². The molecule has 1 aliphatic rings. The molecule has 0 atom stereocenters. The molecule has 0 amide bonds. The van der Waals surface area contributed by atoms with Gasteiger partial charge in [-0.1, -0.05) is 0 Å². The van der Waals surface area contributed by atoms with Crippen molar-refractivity contribution in [2.45, 2.75) is 37.6 Å². The number of carbonyl (C=O) groups excluding carboxylic acids is 1. The van der Waals surface area contributed by atoms with Crippen LogP contribution in [-0.4, -0.2) is 45.6 Å². The fraction of sp³-hybridized carbons (Fsp3) is 0.316. The van der Waals surface area contributed by atoms with Crippen LogP contribution in [-0.2, 0) is 10.0 Å². The molecule has 4 rings (SSSR count). The van der Waals surface area contributed by atoms with Gasteiger partial charge in [-0.05, 0) is 44.9 Å². The third kappa shape index (κ3) is 3.41. The summed E-state index contributed by atoms with van der Waals surface area (Å²) in [4.78, 5) is 21.4. The molecule has 0 radical (unpaired) electrons. The Labute approximate surface area is 167 Å². The number of Topliss-reactive ketones (excluding diaryl/α,β-unsaturated/α-hetero) is 1.